The van der Waals surface area contributed by atoms with Gasteiger partial charge in [0.2, 0.25) is 0 Å². The molecule has 3 N–H and O–H groups in total. The zero-order chi connectivity index (χ0) is 21.6. The lowest BCUT2D eigenvalue weighted by Gasteiger charge is -2.25. The highest BCUT2D eigenvalue weighted by Gasteiger charge is 2.23. The highest BCUT2D eigenvalue weighted by atomic mass is 16.3. The van der Waals surface area contributed by atoms with Crippen LogP contribution in [-0.4, -0.2) is 33.9 Å². The van der Waals surface area contributed by atoms with Crippen LogP contribution >= 0.6 is 0 Å². The van der Waals surface area contributed by atoms with E-state index in [9.17, 15) is 5.11 Å². The lowest BCUT2D eigenvalue weighted by molar-refractivity contribution is 0.0617. The van der Waals surface area contributed by atoms with Crippen molar-refractivity contribution in [3.05, 3.63) is 83.2 Å². The monoisotopic (exact) mass is 405 g/mol. The first-order valence-corrected chi connectivity index (χ1v) is 10.3. The summed E-state index contributed by atoms with van der Waals surface area (Å²) in [6, 6.07) is 19.8. The van der Waals surface area contributed by atoms with E-state index in [0.717, 1.165) is 34.7 Å². The van der Waals surface area contributed by atoms with Gasteiger partial charge in [-0.2, -0.15) is 5.10 Å². The molecule has 6 heteroatoms. The summed E-state index contributed by atoms with van der Waals surface area (Å²) in [5.74, 6) is 0.667. The molecule has 0 amide bonds. The minimum absolute atomic E-state index is 0.351. The number of benzene rings is 2. The summed E-state index contributed by atoms with van der Waals surface area (Å²) in [6.07, 6.45) is 0. The van der Waals surface area contributed by atoms with Crippen LogP contribution in [0.25, 0.3) is 5.69 Å². The summed E-state index contributed by atoms with van der Waals surface area (Å²) in [5.41, 5.74) is 4.05. The van der Waals surface area contributed by atoms with Crippen LogP contribution in [0.3, 0.4) is 0 Å². The Morgan fingerprint density at radius 1 is 1.03 bits per heavy atom. The van der Waals surface area contributed by atoms with Crippen LogP contribution < -0.4 is 10.6 Å². The molecule has 0 aliphatic carbocycles. The summed E-state index contributed by atoms with van der Waals surface area (Å²) in [6.45, 7) is 9.50. The van der Waals surface area contributed by atoms with Crippen LogP contribution in [0, 0.1) is 13.8 Å². The summed E-state index contributed by atoms with van der Waals surface area (Å²) in [4.78, 5) is 4.74. The SMILES string of the molecule is CCNC(=NCc1c(C)nn(-c2ccccc2)c1C)NCC(C)(O)c1ccccc1. The van der Waals surface area contributed by atoms with E-state index in [1.54, 1.807) is 6.92 Å². The zero-order valence-corrected chi connectivity index (χ0v) is 18.2. The van der Waals surface area contributed by atoms with E-state index in [-0.39, 0.29) is 0 Å². The Morgan fingerprint density at radius 2 is 1.67 bits per heavy atom. The molecule has 0 radical (unpaired) electrons. The van der Waals surface area contributed by atoms with E-state index in [0.29, 0.717) is 19.0 Å². The smallest absolute Gasteiger partial charge is 0.191 e. The van der Waals surface area contributed by atoms with Gasteiger partial charge in [0.15, 0.2) is 5.96 Å². The average molecular weight is 406 g/mol. The molecule has 158 valence electrons. The van der Waals surface area contributed by atoms with Crippen LogP contribution in [-0.2, 0) is 12.1 Å². The molecule has 0 saturated carbocycles. The normalized spacial score (nSPS) is 13.7. The fourth-order valence-electron chi connectivity index (χ4n) is 3.38. The van der Waals surface area contributed by atoms with Gasteiger partial charge in [-0.1, -0.05) is 48.5 Å². The van der Waals surface area contributed by atoms with Crippen molar-refractivity contribution < 1.29 is 5.11 Å². The second-order valence-corrected chi connectivity index (χ2v) is 7.59. The molecule has 1 heterocycles. The summed E-state index contributed by atoms with van der Waals surface area (Å²) in [7, 11) is 0. The fourth-order valence-corrected chi connectivity index (χ4v) is 3.38. The molecule has 0 fully saturated rings. The zero-order valence-electron chi connectivity index (χ0n) is 18.2. The van der Waals surface area contributed by atoms with E-state index in [4.69, 9.17) is 10.1 Å². The molecule has 3 aromatic rings. The highest BCUT2D eigenvalue weighted by molar-refractivity contribution is 5.79. The van der Waals surface area contributed by atoms with Gasteiger partial charge in [-0.25, -0.2) is 9.67 Å². The minimum Gasteiger partial charge on any atom is -0.384 e. The Kier molecular flexibility index (Phi) is 6.90. The molecule has 6 nitrogen and oxygen atoms in total. The molecule has 1 atom stereocenters. The minimum atomic E-state index is -0.999. The van der Waals surface area contributed by atoms with Gasteiger partial charge in [-0.05, 0) is 45.4 Å². The average Bonchev–Trinajstić information content (AvgIpc) is 3.05. The molecular formula is C24H31N5O. The van der Waals surface area contributed by atoms with Crippen LogP contribution in [0.15, 0.2) is 65.7 Å². The van der Waals surface area contributed by atoms with Crippen molar-refractivity contribution in [2.45, 2.75) is 39.8 Å². The number of aryl methyl sites for hydroxylation is 1. The molecule has 1 unspecified atom stereocenters. The van der Waals surface area contributed by atoms with Gasteiger partial charge >= 0.3 is 0 Å². The van der Waals surface area contributed by atoms with Gasteiger partial charge in [0, 0.05) is 17.8 Å². The predicted molar refractivity (Wildman–Crippen MR) is 122 cm³/mol. The number of para-hydroxylation sites is 1. The molecule has 0 aliphatic heterocycles. The number of aromatic nitrogens is 2. The Hall–Kier alpha value is -3.12. The third-order valence-corrected chi connectivity index (χ3v) is 5.18. The highest BCUT2D eigenvalue weighted by Crippen LogP contribution is 2.20. The quantitative estimate of drug-likeness (QED) is 0.416. The summed E-state index contributed by atoms with van der Waals surface area (Å²) >= 11 is 0. The number of guanidine groups is 1. The maximum Gasteiger partial charge on any atom is 0.191 e. The van der Waals surface area contributed by atoms with E-state index >= 15 is 0 Å². The third-order valence-electron chi connectivity index (χ3n) is 5.18. The van der Waals surface area contributed by atoms with Gasteiger partial charge in [0.05, 0.1) is 24.5 Å². The summed E-state index contributed by atoms with van der Waals surface area (Å²) in [5, 5.41) is 22.1. The van der Waals surface area contributed by atoms with Crippen molar-refractivity contribution in [1.82, 2.24) is 20.4 Å². The first-order valence-electron chi connectivity index (χ1n) is 10.3. The number of rotatable bonds is 7. The number of hydrogen-bond acceptors (Lipinski definition) is 3. The van der Waals surface area contributed by atoms with Crippen LogP contribution in [0.1, 0.15) is 36.4 Å². The van der Waals surface area contributed by atoms with Crippen molar-refractivity contribution in [2.24, 2.45) is 4.99 Å². The van der Waals surface area contributed by atoms with Crippen molar-refractivity contribution in [1.29, 1.82) is 0 Å². The maximum atomic E-state index is 10.8. The Balaban J connectivity index is 1.75. The Labute approximate surface area is 178 Å². The molecular weight excluding hydrogens is 374 g/mol. The van der Waals surface area contributed by atoms with Crippen LogP contribution in [0.5, 0.6) is 0 Å². The molecule has 30 heavy (non-hydrogen) atoms. The first kappa shape index (κ1) is 21.6. The van der Waals surface area contributed by atoms with Crippen molar-refractivity contribution in [3.63, 3.8) is 0 Å². The molecule has 1 aromatic heterocycles. The van der Waals surface area contributed by atoms with Gasteiger partial charge in [0.25, 0.3) is 0 Å². The number of nitrogens with one attached hydrogen (secondary N) is 2. The second-order valence-electron chi connectivity index (χ2n) is 7.59. The fraction of sp³-hybridized carbons (Fsp3) is 0.333. The number of hydrogen-bond donors (Lipinski definition) is 3. The van der Waals surface area contributed by atoms with Crippen molar-refractivity contribution >= 4 is 5.96 Å². The van der Waals surface area contributed by atoms with E-state index in [1.807, 2.05) is 79.2 Å². The second kappa shape index (κ2) is 9.59. The predicted octanol–water partition coefficient (Wildman–Crippen LogP) is 3.45. The van der Waals surface area contributed by atoms with Crippen molar-refractivity contribution in [2.75, 3.05) is 13.1 Å². The van der Waals surface area contributed by atoms with Gasteiger partial charge in [-0.15, -0.1) is 0 Å². The molecule has 0 saturated heterocycles. The molecule has 0 aliphatic rings. The largest absolute Gasteiger partial charge is 0.384 e. The molecule has 0 spiro atoms. The van der Waals surface area contributed by atoms with Gasteiger partial charge in [-0.3, -0.25) is 0 Å². The number of aliphatic imine (C=N–C) groups is 1. The molecule has 0 bridgehead atoms. The van der Waals surface area contributed by atoms with Crippen LogP contribution in [0.4, 0.5) is 0 Å². The summed E-state index contributed by atoms with van der Waals surface area (Å²) < 4.78 is 1.96. The van der Waals surface area contributed by atoms with E-state index in [2.05, 4.69) is 17.6 Å². The Bertz CT molecular complexity index is 978. The lowest BCUT2D eigenvalue weighted by Crippen LogP contribution is -2.44. The number of nitrogens with zero attached hydrogens (tertiary/aromatic N) is 3. The third kappa shape index (κ3) is 5.07. The van der Waals surface area contributed by atoms with Gasteiger partial charge < -0.3 is 15.7 Å². The lowest BCUT2D eigenvalue weighted by atomic mass is 9.96. The van der Waals surface area contributed by atoms with E-state index in [1.165, 1.54) is 0 Å². The van der Waals surface area contributed by atoms with Crippen molar-refractivity contribution in [3.8, 4) is 5.69 Å². The van der Waals surface area contributed by atoms with E-state index < -0.39 is 5.60 Å². The van der Waals surface area contributed by atoms with Gasteiger partial charge in [0.1, 0.15) is 5.60 Å². The maximum absolute atomic E-state index is 10.8. The first-order chi connectivity index (χ1) is 14.4. The topological polar surface area (TPSA) is 74.5 Å². The van der Waals surface area contributed by atoms with Crippen LogP contribution in [0.2, 0.25) is 0 Å². The number of aliphatic hydroxyl groups is 1. The molecule has 2 aromatic carbocycles. The Morgan fingerprint density at radius 3 is 2.30 bits per heavy atom. The standard InChI is InChI=1S/C24H31N5O/c1-5-25-23(27-17-24(4,30)20-12-8-6-9-13-20)26-16-22-18(2)28-29(19(22)3)21-14-10-7-11-15-21/h6-15,30H,5,16-17H2,1-4H3,(H2,25,26,27). The molecule has 3 rings (SSSR count).